The molecule has 0 bridgehead atoms. The van der Waals surface area contributed by atoms with Crippen LogP contribution in [0.4, 0.5) is 13.2 Å². The van der Waals surface area contributed by atoms with Gasteiger partial charge in [0, 0.05) is 55.4 Å². The van der Waals surface area contributed by atoms with Crippen LogP contribution in [0.2, 0.25) is 0 Å². The molecule has 0 N–H and O–H groups in total. The molecule has 4 heterocycles. The van der Waals surface area contributed by atoms with Gasteiger partial charge in [-0.3, -0.25) is 4.90 Å². The van der Waals surface area contributed by atoms with Gasteiger partial charge in [0.15, 0.2) is 5.69 Å². The van der Waals surface area contributed by atoms with Crippen LogP contribution in [0.5, 0.6) is 5.88 Å². The van der Waals surface area contributed by atoms with Crippen molar-refractivity contribution in [3.63, 3.8) is 0 Å². The first-order valence-corrected chi connectivity index (χ1v) is 8.67. The maximum atomic E-state index is 13.6. The predicted octanol–water partition coefficient (Wildman–Crippen LogP) is 2.94. The highest BCUT2D eigenvalue weighted by atomic mass is 19.4. The summed E-state index contributed by atoms with van der Waals surface area (Å²) in [5.41, 5.74) is -0.135. The minimum atomic E-state index is -4.54. The van der Waals surface area contributed by atoms with Crippen LogP contribution in [0.15, 0.2) is 24.5 Å². The van der Waals surface area contributed by atoms with Crippen molar-refractivity contribution in [2.24, 2.45) is 0 Å². The topological polar surface area (TPSA) is 52.4 Å². The molecule has 1 aliphatic rings. The predicted molar refractivity (Wildman–Crippen MR) is 93.8 cm³/mol. The smallest absolute Gasteiger partial charge is 0.435 e. The summed E-state index contributed by atoms with van der Waals surface area (Å²) in [7, 11) is 1.48. The van der Waals surface area contributed by atoms with E-state index in [0.29, 0.717) is 48.5 Å². The fourth-order valence-corrected chi connectivity index (χ4v) is 3.54. The van der Waals surface area contributed by atoms with Crippen molar-refractivity contribution >= 4 is 21.8 Å². The summed E-state index contributed by atoms with van der Waals surface area (Å²) in [6, 6.07) is 3.28. The normalized spacial score (nSPS) is 16.3. The van der Waals surface area contributed by atoms with Crippen LogP contribution in [0, 0.1) is 0 Å². The first kappa shape index (κ1) is 18.0. The summed E-state index contributed by atoms with van der Waals surface area (Å²) < 4.78 is 53.1. The highest BCUT2D eigenvalue weighted by molar-refractivity contribution is 6.08. The number of hydrogen-bond acceptors (Lipinski definition) is 5. The summed E-state index contributed by atoms with van der Waals surface area (Å²) in [5.74, 6) is 0.361. The third-order valence-electron chi connectivity index (χ3n) is 4.85. The Kier molecular flexibility index (Phi) is 4.65. The number of fused-ring (bicyclic) bond motifs is 3. The number of methoxy groups -OCH3 is 1. The highest BCUT2D eigenvalue weighted by Gasteiger charge is 2.36. The minimum Gasteiger partial charge on any atom is -0.481 e. The van der Waals surface area contributed by atoms with Gasteiger partial charge in [0.25, 0.3) is 0 Å². The summed E-state index contributed by atoms with van der Waals surface area (Å²) >= 11 is 0. The molecular weight excluding hydrogens is 361 g/mol. The molecule has 0 saturated carbocycles. The number of aromatic nitrogens is 3. The van der Waals surface area contributed by atoms with E-state index in [1.807, 2.05) is 0 Å². The SMILES string of the molecule is COc1cc2c(cn1)c1ccnc(C(F)(F)F)c1n2CCN1CCOCC1. The quantitative estimate of drug-likeness (QED) is 0.697. The Balaban J connectivity index is 1.88. The molecule has 4 rings (SSSR count). The molecule has 0 aromatic carbocycles. The molecule has 0 unspecified atom stereocenters. The standard InChI is InChI=1S/C18H19F3N4O2/c1-26-15-10-14-13(11-23-15)12-2-3-22-17(18(19,20)21)16(12)25(14)5-4-24-6-8-27-9-7-24/h2-3,10-11H,4-9H2,1H3. The molecule has 0 spiro atoms. The molecule has 27 heavy (non-hydrogen) atoms. The Bertz CT molecular complexity index is 965. The van der Waals surface area contributed by atoms with Gasteiger partial charge in [0.05, 0.1) is 31.4 Å². The lowest BCUT2D eigenvalue weighted by molar-refractivity contribution is -0.140. The average molecular weight is 380 g/mol. The molecule has 144 valence electrons. The molecule has 0 radical (unpaired) electrons. The summed E-state index contributed by atoms with van der Waals surface area (Å²) in [6.07, 6.45) is -1.79. The summed E-state index contributed by atoms with van der Waals surface area (Å²) in [5, 5.41) is 1.14. The van der Waals surface area contributed by atoms with Crippen molar-refractivity contribution in [2.75, 3.05) is 40.0 Å². The van der Waals surface area contributed by atoms with Crippen molar-refractivity contribution in [2.45, 2.75) is 12.7 Å². The maximum absolute atomic E-state index is 13.6. The molecule has 6 nitrogen and oxygen atoms in total. The van der Waals surface area contributed by atoms with Crippen LogP contribution >= 0.6 is 0 Å². The molecule has 3 aromatic heterocycles. The zero-order valence-electron chi connectivity index (χ0n) is 14.8. The Labute approximate surface area is 153 Å². The van der Waals surface area contributed by atoms with E-state index in [4.69, 9.17) is 9.47 Å². The zero-order chi connectivity index (χ0) is 19.0. The van der Waals surface area contributed by atoms with Gasteiger partial charge >= 0.3 is 6.18 Å². The van der Waals surface area contributed by atoms with Crippen LogP contribution < -0.4 is 4.74 Å². The van der Waals surface area contributed by atoms with Crippen LogP contribution in [0.3, 0.4) is 0 Å². The van der Waals surface area contributed by atoms with Crippen LogP contribution in [-0.4, -0.2) is 59.4 Å². The van der Waals surface area contributed by atoms with E-state index in [2.05, 4.69) is 14.9 Å². The molecule has 0 amide bonds. The van der Waals surface area contributed by atoms with E-state index < -0.39 is 11.9 Å². The van der Waals surface area contributed by atoms with Crippen LogP contribution in [0.25, 0.3) is 21.8 Å². The average Bonchev–Trinajstić information content (AvgIpc) is 2.99. The van der Waals surface area contributed by atoms with E-state index in [9.17, 15) is 13.2 Å². The van der Waals surface area contributed by atoms with E-state index in [1.165, 1.54) is 13.3 Å². The number of hydrogen-bond donors (Lipinski definition) is 0. The maximum Gasteiger partial charge on any atom is 0.435 e. The number of rotatable bonds is 4. The zero-order valence-corrected chi connectivity index (χ0v) is 14.8. The lowest BCUT2D eigenvalue weighted by Gasteiger charge is -2.27. The minimum absolute atomic E-state index is 0.0864. The molecule has 9 heteroatoms. The molecule has 1 saturated heterocycles. The monoisotopic (exact) mass is 380 g/mol. The van der Waals surface area contributed by atoms with Crippen LogP contribution in [0.1, 0.15) is 5.69 Å². The second-order valence-corrected chi connectivity index (χ2v) is 6.40. The van der Waals surface area contributed by atoms with Crippen molar-refractivity contribution in [1.82, 2.24) is 19.4 Å². The van der Waals surface area contributed by atoms with Crippen LogP contribution in [-0.2, 0) is 17.5 Å². The van der Waals surface area contributed by atoms with Crippen molar-refractivity contribution in [3.8, 4) is 5.88 Å². The van der Waals surface area contributed by atoms with Gasteiger partial charge in [-0.15, -0.1) is 0 Å². The van der Waals surface area contributed by atoms with E-state index in [1.54, 1.807) is 22.9 Å². The van der Waals surface area contributed by atoms with Gasteiger partial charge in [0.1, 0.15) is 0 Å². The third-order valence-corrected chi connectivity index (χ3v) is 4.85. The number of morpholine rings is 1. The molecule has 1 aliphatic heterocycles. The van der Waals surface area contributed by atoms with Crippen molar-refractivity contribution in [1.29, 1.82) is 0 Å². The Hall–Kier alpha value is -2.39. The van der Waals surface area contributed by atoms with Gasteiger partial charge < -0.3 is 14.0 Å². The Morgan fingerprint density at radius 1 is 1.15 bits per heavy atom. The molecule has 0 atom stereocenters. The molecule has 0 aliphatic carbocycles. The van der Waals surface area contributed by atoms with E-state index >= 15 is 0 Å². The van der Waals surface area contributed by atoms with Gasteiger partial charge in [-0.2, -0.15) is 13.2 Å². The van der Waals surface area contributed by atoms with E-state index in [-0.39, 0.29) is 5.52 Å². The number of halogens is 3. The highest BCUT2D eigenvalue weighted by Crippen LogP contribution is 2.38. The molecular formula is C18H19F3N4O2. The largest absolute Gasteiger partial charge is 0.481 e. The van der Waals surface area contributed by atoms with E-state index in [0.717, 1.165) is 13.1 Å². The number of pyridine rings is 2. The van der Waals surface area contributed by atoms with Crippen molar-refractivity contribution < 1.29 is 22.6 Å². The fourth-order valence-electron chi connectivity index (χ4n) is 3.54. The summed E-state index contributed by atoms with van der Waals surface area (Å²) in [4.78, 5) is 9.99. The lowest BCUT2D eigenvalue weighted by Crippen LogP contribution is -2.38. The number of alkyl halides is 3. The first-order valence-electron chi connectivity index (χ1n) is 8.67. The second-order valence-electron chi connectivity index (χ2n) is 6.40. The Morgan fingerprint density at radius 3 is 2.63 bits per heavy atom. The molecule has 1 fully saturated rings. The van der Waals surface area contributed by atoms with Gasteiger partial charge in [-0.25, -0.2) is 9.97 Å². The third kappa shape index (κ3) is 3.32. The van der Waals surface area contributed by atoms with Gasteiger partial charge in [-0.1, -0.05) is 0 Å². The Morgan fingerprint density at radius 2 is 1.93 bits per heavy atom. The fraction of sp³-hybridized carbons (Fsp3) is 0.444. The summed E-state index contributed by atoms with van der Waals surface area (Å²) in [6.45, 7) is 3.85. The second kappa shape index (κ2) is 6.97. The first-order chi connectivity index (χ1) is 13.0. The van der Waals surface area contributed by atoms with Gasteiger partial charge in [-0.05, 0) is 6.07 Å². The van der Waals surface area contributed by atoms with Gasteiger partial charge in [0.2, 0.25) is 5.88 Å². The lowest BCUT2D eigenvalue weighted by atomic mass is 10.2. The number of ether oxygens (including phenoxy) is 2. The number of nitrogens with zero attached hydrogens (tertiary/aromatic N) is 4. The molecule has 3 aromatic rings. The van der Waals surface area contributed by atoms with Crippen molar-refractivity contribution in [3.05, 3.63) is 30.2 Å².